The number of hydrogen-bond acceptors (Lipinski definition) is 3. The first-order valence-electron chi connectivity index (χ1n) is 8.69. The summed E-state index contributed by atoms with van der Waals surface area (Å²) in [6, 6.07) is 7.59. The van der Waals surface area contributed by atoms with E-state index in [1.54, 1.807) is 7.11 Å². The Morgan fingerprint density at radius 3 is 2.42 bits per heavy atom. The molecule has 24 heavy (non-hydrogen) atoms. The Bertz CT molecular complexity index is 546. The number of rotatable bonds is 4. The van der Waals surface area contributed by atoms with E-state index in [-0.39, 0.29) is 29.6 Å². The predicted octanol–water partition coefficient (Wildman–Crippen LogP) is 3.39. The summed E-state index contributed by atoms with van der Waals surface area (Å²) in [4.78, 5) is 12.5. The predicted molar refractivity (Wildman–Crippen MR) is 95.1 cm³/mol. The van der Waals surface area contributed by atoms with Crippen LogP contribution in [-0.2, 0) is 0 Å². The largest absolute Gasteiger partial charge is 0.496 e. The number of aliphatic hydroxyl groups excluding tert-OH is 1. The second kappa shape index (κ2) is 7.88. The van der Waals surface area contributed by atoms with Gasteiger partial charge in [0.1, 0.15) is 5.75 Å². The highest BCUT2D eigenvalue weighted by molar-refractivity contribution is 5.75. The van der Waals surface area contributed by atoms with Gasteiger partial charge in [0.05, 0.1) is 19.3 Å². The average molecular weight is 334 g/mol. The van der Waals surface area contributed by atoms with Crippen molar-refractivity contribution in [1.29, 1.82) is 0 Å². The zero-order valence-corrected chi connectivity index (χ0v) is 15.1. The number of ether oxygens (including phenoxy) is 1. The van der Waals surface area contributed by atoms with Gasteiger partial charge in [-0.1, -0.05) is 39.0 Å². The molecule has 5 nitrogen and oxygen atoms in total. The quantitative estimate of drug-likeness (QED) is 0.790. The van der Waals surface area contributed by atoms with Gasteiger partial charge in [0.15, 0.2) is 0 Å². The molecule has 1 saturated carbocycles. The topological polar surface area (TPSA) is 70.6 Å². The minimum absolute atomic E-state index is 0.131. The van der Waals surface area contributed by atoms with Crippen LogP contribution in [-0.4, -0.2) is 30.4 Å². The molecular formula is C19H30N2O3. The molecule has 1 aromatic rings. The highest BCUT2D eigenvalue weighted by atomic mass is 16.5. The average Bonchev–Trinajstić information content (AvgIpc) is 2.54. The molecule has 0 heterocycles. The molecule has 0 radical (unpaired) electrons. The fourth-order valence-electron chi connectivity index (χ4n) is 3.24. The van der Waals surface area contributed by atoms with Crippen LogP contribution >= 0.6 is 0 Å². The van der Waals surface area contributed by atoms with Gasteiger partial charge in [0, 0.05) is 11.6 Å². The van der Waals surface area contributed by atoms with E-state index in [9.17, 15) is 9.90 Å². The number of nitrogens with one attached hydrogen (secondary N) is 2. The molecule has 1 aliphatic carbocycles. The number of methoxy groups -OCH3 is 1. The second-order valence-corrected chi connectivity index (χ2v) is 7.66. The van der Waals surface area contributed by atoms with Gasteiger partial charge in [-0.15, -0.1) is 0 Å². The normalized spacial score (nSPS) is 22.5. The van der Waals surface area contributed by atoms with Crippen molar-refractivity contribution < 1.29 is 14.6 Å². The van der Waals surface area contributed by atoms with Crippen LogP contribution in [0.4, 0.5) is 4.79 Å². The molecule has 1 fully saturated rings. The van der Waals surface area contributed by atoms with Crippen LogP contribution in [0.3, 0.4) is 0 Å². The molecule has 1 aromatic carbocycles. The van der Waals surface area contributed by atoms with Gasteiger partial charge >= 0.3 is 6.03 Å². The molecule has 0 saturated heterocycles. The Morgan fingerprint density at radius 2 is 1.83 bits per heavy atom. The van der Waals surface area contributed by atoms with Crippen LogP contribution in [0.5, 0.6) is 5.75 Å². The van der Waals surface area contributed by atoms with Crippen LogP contribution in [0.15, 0.2) is 24.3 Å². The minimum atomic E-state index is -0.220. The smallest absolute Gasteiger partial charge is 0.315 e. The van der Waals surface area contributed by atoms with E-state index in [4.69, 9.17) is 4.74 Å². The molecule has 0 aliphatic heterocycles. The molecule has 2 amide bonds. The Kier molecular flexibility index (Phi) is 6.10. The maximum atomic E-state index is 12.5. The maximum absolute atomic E-state index is 12.5. The third-order valence-electron chi connectivity index (χ3n) is 4.62. The number of hydrogen-bond donors (Lipinski definition) is 3. The summed E-state index contributed by atoms with van der Waals surface area (Å²) in [7, 11) is 1.64. The first-order valence-corrected chi connectivity index (χ1v) is 8.69. The Balaban J connectivity index is 2.08. The van der Waals surface area contributed by atoms with Gasteiger partial charge < -0.3 is 20.5 Å². The standard InChI is InChI=1S/C19H30N2O3/c1-19(2,3)17(15-7-5-6-8-16(15)24-4)21-18(23)20-13-9-11-14(22)12-10-13/h5-8,13-14,17,22H,9-12H2,1-4H3,(H2,20,21,23). The summed E-state index contributed by atoms with van der Waals surface area (Å²) in [5, 5.41) is 15.7. The van der Waals surface area contributed by atoms with Crippen LogP contribution in [0.2, 0.25) is 0 Å². The van der Waals surface area contributed by atoms with Crippen LogP contribution in [0, 0.1) is 5.41 Å². The monoisotopic (exact) mass is 334 g/mol. The number of urea groups is 1. The number of carbonyl (C=O) groups is 1. The number of amides is 2. The summed E-state index contributed by atoms with van der Waals surface area (Å²) in [6.45, 7) is 6.30. The molecule has 1 unspecified atom stereocenters. The van der Waals surface area contributed by atoms with E-state index in [1.165, 1.54) is 0 Å². The lowest BCUT2D eigenvalue weighted by Crippen LogP contribution is -2.47. The fraction of sp³-hybridized carbons (Fsp3) is 0.632. The van der Waals surface area contributed by atoms with Crippen molar-refractivity contribution in [1.82, 2.24) is 10.6 Å². The van der Waals surface area contributed by atoms with Crippen molar-refractivity contribution in [2.75, 3.05) is 7.11 Å². The van der Waals surface area contributed by atoms with Gasteiger partial charge in [-0.25, -0.2) is 4.79 Å². The van der Waals surface area contributed by atoms with Gasteiger partial charge in [-0.05, 0) is 37.2 Å². The second-order valence-electron chi connectivity index (χ2n) is 7.66. The lowest BCUT2D eigenvalue weighted by molar-refractivity contribution is 0.117. The lowest BCUT2D eigenvalue weighted by atomic mass is 9.82. The van der Waals surface area contributed by atoms with E-state index < -0.39 is 0 Å². The van der Waals surface area contributed by atoms with E-state index in [1.807, 2.05) is 24.3 Å². The van der Waals surface area contributed by atoms with Crippen molar-refractivity contribution in [3.05, 3.63) is 29.8 Å². The summed E-state index contributed by atoms with van der Waals surface area (Å²) in [5.41, 5.74) is 0.816. The summed E-state index contributed by atoms with van der Waals surface area (Å²) >= 11 is 0. The summed E-state index contributed by atoms with van der Waals surface area (Å²) < 4.78 is 5.47. The maximum Gasteiger partial charge on any atom is 0.315 e. The van der Waals surface area contributed by atoms with Gasteiger partial charge in [0.25, 0.3) is 0 Å². The Morgan fingerprint density at radius 1 is 1.21 bits per heavy atom. The number of para-hydroxylation sites is 1. The first kappa shape index (κ1) is 18.6. The molecule has 1 atom stereocenters. The molecule has 5 heteroatoms. The molecule has 0 bridgehead atoms. The SMILES string of the molecule is COc1ccccc1C(NC(=O)NC1CCC(O)CC1)C(C)(C)C. The molecule has 1 aliphatic rings. The zero-order valence-electron chi connectivity index (χ0n) is 15.1. The molecule has 0 aromatic heterocycles. The number of aliphatic hydroxyl groups is 1. The minimum Gasteiger partial charge on any atom is -0.496 e. The summed E-state index contributed by atoms with van der Waals surface area (Å²) in [5.74, 6) is 0.776. The van der Waals surface area contributed by atoms with Gasteiger partial charge in [-0.2, -0.15) is 0 Å². The lowest BCUT2D eigenvalue weighted by Gasteiger charge is -2.34. The van der Waals surface area contributed by atoms with Crippen molar-refractivity contribution in [2.24, 2.45) is 5.41 Å². The van der Waals surface area contributed by atoms with E-state index in [2.05, 4.69) is 31.4 Å². The van der Waals surface area contributed by atoms with Crippen LogP contribution in [0.25, 0.3) is 0 Å². The Hall–Kier alpha value is -1.75. The first-order chi connectivity index (χ1) is 11.3. The molecule has 3 N–H and O–H groups in total. The zero-order chi connectivity index (χ0) is 17.7. The molecule has 2 rings (SSSR count). The van der Waals surface area contributed by atoms with Crippen molar-refractivity contribution >= 4 is 6.03 Å². The third kappa shape index (κ3) is 4.87. The van der Waals surface area contributed by atoms with Crippen LogP contribution in [0.1, 0.15) is 58.1 Å². The summed E-state index contributed by atoms with van der Waals surface area (Å²) in [6.07, 6.45) is 2.93. The number of carbonyl (C=O) groups excluding carboxylic acids is 1. The number of benzene rings is 1. The van der Waals surface area contributed by atoms with Crippen molar-refractivity contribution in [3.63, 3.8) is 0 Å². The van der Waals surface area contributed by atoms with Gasteiger partial charge in [-0.3, -0.25) is 0 Å². The molecular weight excluding hydrogens is 304 g/mol. The Labute approximate surface area is 144 Å². The fourth-order valence-corrected chi connectivity index (χ4v) is 3.24. The highest BCUT2D eigenvalue weighted by Gasteiger charge is 2.31. The van der Waals surface area contributed by atoms with E-state index in [0.717, 1.165) is 37.0 Å². The van der Waals surface area contributed by atoms with E-state index in [0.29, 0.717) is 0 Å². The van der Waals surface area contributed by atoms with Gasteiger partial charge in [0.2, 0.25) is 0 Å². The van der Waals surface area contributed by atoms with Crippen LogP contribution < -0.4 is 15.4 Å². The van der Waals surface area contributed by atoms with Crippen molar-refractivity contribution in [3.8, 4) is 5.75 Å². The molecule has 0 spiro atoms. The third-order valence-corrected chi connectivity index (χ3v) is 4.62. The van der Waals surface area contributed by atoms with Crippen molar-refractivity contribution in [2.45, 2.75) is 64.6 Å². The van der Waals surface area contributed by atoms with E-state index >= 15 is 0 Å². The molecule has 134 valence electrons. The highest BCUT2D eigenvalue weighted by Crippen LogP contribution is 2.37.